The molecule has 1 aromatic carbocycles. The van der Waals surface area contributed by atoms with Gasteiger partial charge in [0.2, 0.25) is 0 Å². The number of primary amides is 1. The van der Waals surface area contributed by atoms with Crippen molar-refractivity contribution in [2.45, 2.75) is 19.4 Å². The second-order valence-electron chi connectivity index (χ2n) is 3.63. The summed E-state index contributed by atoms with van der Waals surface area (Å²) >= 11 is 0. The molecule has 4 N–H and O–H groups in total. The summed E-state index contributed by atoms with van der Waals surface area (Å²) in [7, 11) is 0. The standard InChI is InChI=1S/C10H13NO4/c1-10(2,9(11)14)15-6-3-4-7(12)8(13)5-6/h3-5,12-13H,1-2H3,(H2,11,14). The van der Waals surface area contributed by atoms with Crippen LogP contribution in [0.25, 0.3) is 0 Å². The maximum atomic E-state index is 11.0. The summed E-state index contributed by atoms with van der Waals surface area (Å²) in [6.07, 6.45) is 0. The van der Waals surface area contributed by atoms with Crippen LogP contribution in [-0.2, 0) is 4.79 Å². The molecule has 1 amide bonds. The van der Waals surface area contributed by atoms with Gasteiger partial charge in [0.05, 0.1) is 0 Å². The Labute approximate surface area is 87.1 Å². The van der Waals surface area contributed by atoms with Gasteiger partial charge in [-0.25, -0.2) is 0 Å². The van der Waals surface area contributed by atoms with Crippen molar-refractivity contribution in [2.24, 2.45) is 5.73 Å². The molecule has 5 nitrogen and oxygen atoms in total. The number of nitrogens with two attached hydrogens (primary N) is 1. The third kappa shape index (κ3) is 2.52. The van der Waals surface area contributed by atoms with Crippen molar-refractivity contribution < 1.29 is 19.7 Å². The summed E-state index contributed by atoms with van der Waals surface area (Å²) in [5.41, 5.74) is 3.95. The Kier molecular flexibility index (Phi) is 2.74. The third-order valence-corrected chi connectivity index (χ3v) is 1.91. The van der Waals surface area contributed by atoms with Gasteiger partial charge in [0.25, 0.3) is 5.91 Å². The van der Waals surface area contributed by atoms with Crippen LogP contribution in [0.1, 0.15) is 13.8 Å². The highest BCUT2D eigenvalue weighted by Gasteiger charge is 2.27. The topological polar surface area (TPSA) is 92.8 Å². The van der Waals surface area contributed by atoms with Crippen LogP contribution in [0, 0.1) is 0 Å². The molecule has 0 heterocycles. The molecule has 0 aliphatic heterocycles. The van der Waals surface area contributed by atoms with Gasteiger partial charge in [-0.15, -0.1) is 0 Å². The monoisotopic (exact) mass is 211 g/mol. The minimum absolute atomic E-state index is 0.251. The van der Waals surface area contributed by atoms with Gasteiger partial charge in [-0.1, -0.05) is 0 Å². The molecule has 0 atom stereocenters. The first-order valence-electron chi connectivity index (χ1n) is 4.34. The molecule has 1 aromatic rings. The number of ether oxygens (including phenoxy) is 1. The molecule has 0 saturated carbocycles. The fraction of sp³-hybridized carbons (Fsp3) is 0.300. The number of carbonyl (C=O) groups excluding carboxylic acids is 1. The number of hydrogen-bond acceptors (Lipinski definition) is 4. The molecule has 0 aliphatic rings. The molecule has 0 aliphatic carbocycles. The predicted molar refractivity (Wildman–Crippen MR) is 53.7 cm³/mol. The summed E-state index contributed by atoms with van der Waals surface area (Å²) in [6, 6.07) is 3.90. The van der Waals surface area contributed by atoms with Gasteiger partial charge in [-0.05, 0) is 26.0 Å². The van der Waals surface area contributed by atoms with Gasteiger partial charge in [-0.2, -0.15) is 0 Å². The van der Waals surface area contributed by atoms with Gasteiger partial charge in [0, 0.05) is 6.07 Å². The van der Waals surface area contributed by atoms with Crippen LogP contribution < -0.4 is 10.5 Å². The van der Waals surface area contributed by atoms with Crippen molar-refractivity contribution in [2.75, 3.05) is 0 Å². The van der Waals surface area contributed by atoms with E-state index in [1.165, 1.54) is 32.0 Å². The van der Waals surface area contributed by atoms with Crippen LogP contribution in [0.2, 0.25) is 0 Å². The lowest BCUT2D eigenvalue weighted by molar-refractivity contribution is -0.130. The second-order valence-corrected chi connectivity index (χ2v) is 3.63. The van der Waals surface area contributed by atoms with Crippen molar-refractivity contribution in [1.82, 2.24) is 0 Å². The Bertz CT molecular complexity index is 387. The van der Waals surface area contributed by atoms with Crippen molar-refractivity contribution in [3.63, 3.8) is 0 Å². The maximum Gasteiger partial charge on any atom is 0.261 e. The smallest absolute Gasteiger partial charge is 0.261 e. The number of aromatic hydroxyl groups is 2. The molecule has 0 bridgehead atoms. The highest BCUT2D eigenvalue weighted by atomic mass is 16.5. The van der Waals surface area contributed by atoms with Crippen LogP contribution in [0.5, 0.6) is 17.2 Å². The number of benzene rings is 1. The van der Waals surface area contributed by atoms with Crippen molar-refractivity contribution in [1.29, 1.82) is 0 Å². The molecule has 0 unspecified atom stereocenters. The van der Waals surface area contributed by atoms with Crippen molar-refractivity contribution in [3.8, 4) is 17.2 Å². The van der Waals surface area contributed by atoms with E-state index in [9.17, 15) is 9.90 Å². The van der Waals surface area contributed by atoms with Gasteiger partial charge < -0.3 is 20.7 Å². The number of hydrogen-bond donors (Lipinski definition) is 3. The van der Waals surface area contributed by atoms with Gasteiger partial charge in [0.1, 0.15) is 5.75 Å². The van der Waals surface area contributed by atoms with Gasteiger partial charge in [-0.3, -0.25) is 4.79 Å². The third-order valence-electron chi connectivity index (χ3n) is 1.91. The number of amides is 1. The molecular formula is C10H13NO4. The highest BCUT2D eigenvalue weighted by molar-refractivity contribution is 5.82. The minimum atomic E-state index is -1.16. The van der Waals surface area contributed by atoms with E-state index in [2.05, 4.69) is 0 Å². The summed E-state index contributed by atoms with van der Waals surface area (Å²) in [6.45, 7) is 3.03. The molecule has 5 heteroatoms. The van der Waals surface area contributed by atoms with Crippen LogP contribution >= 0.6 is 0 Å². The normalized spacial score (nSPS) is 11.1. The van der Waals surface area contributed by atoms with E-state index in [-0.39, 0.29) is 17.2 Å². The van der Waals surface area contributed by atoms with E-state index in [4.69, 9.17) is 15.6 Å². The Morgan fingerprint density at radius 1 is 1.33 bits per heavy atom. The Balaban J connectivity index is 2.91. The molecule has 0 spiro atoms. The summed E-state index contributed by atoms with van der Waals surface area (Å²) in [5, 5.41) is 18.2. The lowest BCUT2D eigenvalue weighted by Gasteiger charge is -2.22. The SMILES string of the molecule is CC(C)(Oc1ccc(O)c(O)c1)C(N)=O. The average Bonchev–Trinajstić information content (AvgIpc) is 2.10. The quantitative estimate of drug-likeness (QED) is 0.643. The van der Waals surface area contributed by atoms with E-state index in [1.807, 2.05) is 0 Å². The molecule has 0 radical (unpaired) electrons. The zero-order valence-corrected chi connectivity index (χ0v) is 8.52. The van der Waals surface area contributed by atoms with E-state index >= 15 is 0 Å². The maximum absolute atomic E-state index is 11.0. The molecule has 0 aromatic heterocycles. The first-order valence-corrected chi connectivity index (χ1v) is 4.34. The van der Waals surface area contributed by atoms with E-state index < -0.39 is 11.5 Å². The molecule has 1 rings (SSSR count). The van der Waals surface area contributed by atoms with Gasteiger partial charge >= 0.3 is 0 Å². The molecular weight excluding hydrogens is 198 g/mol. The fourth-order valence-electron chi connectivity index (χ4n) is 0.912. The lowest BCUT2D eigenvalue weighted by atomic mass is 10.1. The largest absolute Gasteiger partial charge is 0.504 e. The molecule has 15 heavy (non-hydrogen) atoms. The number of carbonyl (C=O) groups is 1. The van der Waals surface area contributed by atoms with Crippen LogP contribution in [0.3, 0.4) is 0 Å². The lowest BCUT2D eigenvalue weighted by Crippen LogP contribution is -2.43. The molecule has 0 fully saturated rings. The summed E-state index contributed by atoms with van der Waals surface area (Å²) < 4.78 is 5.25. The summed E-state index contributed by atoms with van der Waals surface area (Å²) in [4.78, 5) is 11.0. The Hall–Kier alpha value is -1.91. The first kappa shape index (κ1) is 11.2. The van der Waals surface area contributed by atoms with Crippen LogP contribution in [-0.4, -0.2) is 21.7 Å². The van der Waals surface area contributed by atoms with Crippen LogP contribution in [0.15, 0.2) is 18.2 Å². The zero-order valence-electron chi connectivity index (χ0n) is 8.52. The minimum Gasteiger partial charge on any atom is -0.504 e. The van der Waals surface area contributed by atoms with E-state index in [0.29, 0.717) is 0 Å². The van der Waals surface area contributed by atoms with Crippen molar-refractivity contribution in [3.05, 3.63) is 18.2 Å². The van der Waals surface area contributed by atoms with E-state index in [1.54, 1.807) is 0 Å². The number of phenols is 2. The number of rotatable bonds is 3. The van der Waals surface area contributed by atoms with Gasteiger partial charge in [0.15, 0.2) is 17.1 Å². The Morgan fingerprint density at radius 3 is 2.40 bits per heavy atom. The highest BCUT2D eigenvalue weighted by Crippen LogP contribution is 2.30. The molecule has 0 saturated heterocycles. The summed E-state index contributed by atoms with van der Waals surface area (Å²) in [5.74, 6) is -0.920. The Morgan fingerprint density at radius 2 is 1.93 bits per heavy atom. The second kappa shape index (κ2) is 3.68. The molecule has 82 valence electrons. The predicted octanol–water partition coefficient (Wildman–Crippen LogP) is 0.740. The van der Waals surface area contributed by atoms with E-state index in [0.717, 1.165) is 0 Å². The first-order chi connectivity index (χ1) is 6.83. The van der Waals surface area contributed by atoms with Crippen molar-refractivity contribution >= 4 is 5.91 Å². The average molecular weight is 211 g/mol. The fourth-order valence-corrected chi connectivity index (χ4v) is 0.912. The zero-order chi connectivity index (χ0) is 11.6. The number of phenolic OH excluding ortho intramolecular Hbond substituents is 2. The van der Waals surface area contributed by atoms with Crippen LogP contribution in [0.4, 0.5) is 0 Å².